The lowest BCUT2D eigenvalue weighted by atomic mass is 10.1. The highest BCUT2D eigenvalue weighted by Crippen LogP contribution is 2.09. The topological polar surface area (TPSA) is 75.4 Å². The first-order chi connectivity index (χ1) is 10.6. The van der Waals surface area contributed by atoms with Crippen LogP contribution in [0.2, 0.25) is 0 Å². The van der Waals surface area contributed by atoms with Crippen molar-refractivity contribution in [3.8, 4) is 0 Å². The van der Waals surface area contributed by atoms with E-state index in [9.17, 15) is 9.59 Å². The van der Waals surface area contributed by atoms with Gasteiger partial charge in [-0.25, -0.2) is 0 Å². The molecule has 1 rings (SSSR count). The summed E-state index contributed by atoms with van der Waals surface area (Å²) in [4.78, 5) is 25.2. The van der Waals surface area contributed by atoms with Gasteiger partial charge in [0.1, 0.15) is 0 Å². The highest BCUT2D eigenvalue weighted by molar-refractivity contribution is 5.93. The second-order valence-electron chi connectivity index (χ2n) is 5.48. The number of carbonyl (C=O) groups excluding carboxylic acids is 2. The molecule has 0 aromatic heterocycles. The zero-order valence-corrected chi connectivity index (χ0v) is 14.8. The Bertz CT molecular complexity index is 477. The van der Waals surface area contributed by atoms with Crippen molar-refractivity contribution in [1.82, 2.24) is 10.2 Å². The van der Waals surface area contributed by atoms with Crippen molar-refractivity contribution < 1.29 is 9.59 Å². The van der Waals surface area contributed by atoms with Crippen molar-refractivity contribution in [2.75, 3.05) is 20.6 Å². The van der Waals surface area contributed by atoms with E-state index in [0.29, 0.717) is 18.5 Å². The molecule has 6 heteroatoms. The Morgan fingerprint density at radius 3 is 2.26 bits per heavy atom. The van der Waals surface area contributed by atoms with Gasteiger partial charge in [-0.2, -0.15) is 0 Å². The molecule has 0 unspecified atom stereocenters. The summed E-state index contributed by atoms with van der Waals surface area (Å²) in [7, 11) is 3.42. The number of unbranched alkanes of at least 4 members (excludes halogenated alkanes) is 3. The van der Waals surface area contributed by atoms with E-state index in [1.807, 2.05) is 19.2 Å². The molecule has 0 radical (unpaired) electrons. The Labute approximate surface area is 145 Å². The van der Waals surface area contributed by atoms with Crippen molar-refractivity contribution in [2.45, 2.75) is 38.6 Å². The number of nitrogens with one attached hydrogen (secondary N) is 1. The van der Waals surface area contributed by atoms with E-state index in [4.69, 9.17) is 5.73 Å². The summed E-state index contributed by atoms with van der Waals surface area (Å²) >= 11 is 0. The third-order valence-corrected chi connectivity index (χ3v) is 3.63. The van der Waals surface area contributed by atoms with Crippen LogP contribution in [0.4, 0.5) is 0 Å². The second-order valence-corrected chi connectivity index (χ2v) is 5.48. The van der Waals surface area contributed by atoms with Gasteiger partial charge >= 0.3 is 0 Å². The lowest BCUT2D eigenvalue weighted by molar-refractivity contribution is -0.130. The van der Waals surface area contributed by atoms with Gasteiger partial charge in [0.25, 0.3) is 5.91 Å². The van der Waals surface area contributed by atoms with E-state index in [0.717, 1.165) is 37.8 Å². The average Bonchev–Trinajstić information content (AvgIpc) is 2.54. The Morgan fingerprint density at radius 1 is 1.09 bits per heavy atom. The SMILES string of the molecule is CNC(=O)c1ccc(CN(C)C(=O)CCCCCCN)cc1.Cl. The number of nitrogens with zero attached hydrogens (tertiary/aromatic N) is 1. The fourth-order valence-corrected chi connectivity index (χ4v) is 2.23. The predicted molar refractivity (Wildman–Crippen MR) is 95.7 cm³/mol. The molecular weight excluding hydrogens is 314 g/mol. The van der Waals surface area contributed by atoms with Crippen molar-refractivity contribution in [3.05, 3.63) is 35.4 Å². The molecule has 1 aromatic rings. The summed E-state index contributed by atoms with van der Waals surface area (Å²) < 4.78 is 0. The standard InChI is InChI=1S/C17H27N3O2.ClH/c1-19-17(22)15-10-8-14(9-11-15)13-20(2)16(21)7-5-3-4-6-12-18;/h8-11H,3-7,12-13,18H2,1-2H3,(H,19,22);1H. The third kappa shape index (κ3) is 8.00. The maximum Gasteiger partial charge on any atom is 0.251 e. The van der Waals surface area contributed by atoms with Gasteiger partial charge in [-0.1, -0.05) is 25.0 Å². The van der Waals surface area contributed by atoms with E-state index in [1.165, 1.54) is 0 Å². The summed E-state index contributed by atoms with van der Waals surface area (Å²) in [6.07, 6.45) is 4.67. The lowest BCUT2D eigenvalue weighted by Crippen LogP contribution is -2.26. The molecule has 0 aliphatic rings. The fourth-order valence-electron chi connectivity index (χ4n) is 2.23. The Kier molecular flexibility index (Phi) is 11.1. The molecule has 2 amide bonds. The zero-order chi connectivity index (χ0) is 16.4. The molecule has 23 heavy (non-hydrogen) atoms. The predicted octanol–water partition coefficient (Wildman–Crippen LogP) is 2.34. The number of hydrogen-bond donors (Lipinski definition) is 2. The van der Waals surface area contributed by atoms with Crippen molar-refractivity contribution in [3.63, 3.8) is 0 Å². The molecule has 130 valence electrons. The molecule has 0 saturated heterocycles. The van der Waals surface area contributed by atoms with Crippen LogP contribution in [0.1, 0.15) is 48.0 Å². The number of amides is 2. The minimum absolute atomic E-state index is 0. The third-order valence-electron chi connectivity index (χ3n) is 3.63. The van der Waals surface area contributed by atoms with Crippen LogP contribution >= 0.6 is 12.4 Å². The Morgan fingerprint density at radius 2 is 1.70 bits per heavy atom. The number of rotatable bonds is 9. The quantitative estimate of drug-likeness (QED) is 0.677. The molecular formula is C17H28ClN3O2. The molecule has 0 fully saturated rings. The average molecular weight is 342 g/mol. The second kappa shape index (κ2) is 11.9. The van der Waals surface area contributed by atoms with Gasteiger partial charge < -0.3 is 16.0 Å². The van der Waals surface area contributed by atoms with Crippen LogP contribution < -0.4 is 11.1 Å². The van der Waals surface area contributed by atoms with Crippen molar-refractivity contribution >= 4 is 24.2 Å². The Balaban J connectivity index is 0.00000484. The summed E-state index contributed by atoms with van der Waals surface area (Å²) in [5.74, 6) is 0.0524. The number of hydrogen-bond acceptors (Lipinski definition) is 3. The molecule has 1 aromatic carbocycles. The van der Waals surface area contributed by atoms with Crippen molar-refractivity contribution in [2.24, 2.45) is 5.73 Å². The molecule has 3 N–H and O–H groups in total. The van der Waals surface area contributed by atoms with E-state index >= 15 is 0 Å². The molecule has 0 atom stereocenters. The summed E-state index contributed by atoms with van der Waals surface area (Å²) in [6.45, 7) is 1.29. The van der Waals surface area contributed by atoms with Crippen LogP contribution in [-0.4, -0.2) is 37.4 Å². The molecule has 0 saturated carbocycles. The van der Waals surface area contributed by atoms with Crippen LogP contribution in [0.25, 0.3) is 0 Å². The van der Waals surface area contributed by atoms with Crippen LogP contribution in [-0.2, 0) is 11.3 Å². The number of carbonyl (C=O) groups is 2. The molecule has 0 bridgehead atoms. The van der Waals surface area contributed by atoms with Gasteiger partial charge in [-0.05, 0) is 37.1 Å². The monoisotopic (exact) mass is 341 g/mol. The van der Waals surface area contributed by atoms with E-state index < -0.39 is 0 Å². The first-order valence-corrected chi connectivity index (χ1v) is 7.83. The highest BCUT2D eigenvalue weighted by atomic mass is 35.5. The van der Waals surface area contributed by atoms with Gasteiger partial charge in [-0.15, -0.1) is 12.4 Å². The zero-order valence-electron chi connectivity index (χ0n) is 14.0. The van der Waals surface area contributed by atoms with Gasteiger partial charge in [0.2, 0.25) is 5.91 Å². The molecule has 0 heterocycles. The van der Waals surface area contributed by atoms with Gasteiger partial charge in [0.15, 0.2) is 0 Å². The van der Waals surface area contributed by atoms with Gasteiger partial charge in [0.05, 0.1) is 0 Å². The van der Waals surface area contributed by atoms with Gasteiger partial charge in [0, 0.05) is 32.6 Å². The Hall–Kier alpha value is -1.59. The molecule has 0 spiro atoms. The first-order valence-electron chi connectivity index (χ1n) is 7.83. The maximum absolute atomic E-state index is 12.0. The van der Waals surface area contributed by atoms with Crippen molar-refractivity contribution in [1.29, 1.82) is 0 Å². The summed E-state index contributed by atoms with van der Waals surface area (Å²) in [6, 6.07) is 7.32. The van der Waals surface area contributed by atoms with Crippen LogP contribution in [0, 0.1) is 0 Å². The molecule has 0 aliphatic heterocycles. The van der Waals surface area contributed by atoms with E-state index in [2.05, 4.69) is 5.32 Å². The smallest absolute Gasteiger partial charge is 0.251 e. The van der Waals surface area contributed by atoms with Crippen LogP contribution in [0.15, 0.2) is 24.3 Å². The summed E-state index contributed by atoms with van der Waals surface area (Å²) in [5.41, 5.74) is 7.09. The minimum atomic E-state index is -0.103. The normalized spacial score (nSPS) is 9.87. The summed E-state index contributed by atoms with van der Waals surface area (Å²) in [5, 5.41) is 2.59. The van der Waals surface area contributed by atoms with Gasteiger partial charge in [-0.3, -0.25) is 9.59 Å². The van der Waals surface area contributed by atoms with E-state index in [-0.39, 0.29) is 24.2 Å². The first kappa shape index (κ1) is 21.4. The van der Waals surface area contributed by atoms with Crippen LogP contribution in [0.5, 0.6) is 0 Å². The fraction of sp³-hybridized carbons (Fsp3) is 0.529. The molecule has 0 aliphatic carbocycles. The maximum atomic E-state index is 12.0. The lowest BCUT2D eigenvalue weighted by Gasteiger charge is -2.17. The molecule has 5 nitrogen and oxygen atoms in total. The van der Waals surface area contributed by atoms with E-state index in [1.54, 1.807) is 24.1 Å². The number of benzene rings is 1. The number of nitrogens with two attached hydrogens (primary N) is 1. The number of halogens is 1. The van der Waals surface area contributed by atoms with Crippen LogP contribution in [0.3, 0.4) is 0 Å². The largest absolute Gasteiger partial charge is 0.355 e. The highest BCUT2D eigenvalue weighted by Gasteiger charge is 2.09. The minimum Gasteiger partial charge on any atom is -0.355 e.